The maximum Gasteiger partial charge on any atom is 0.256 e. The first-order chi connectivity index (χ1) is 11.3. The van der Waals surface area contributed by atoms with Gasteiger partial charge in [0.25, 0.3) is 5.91 Å². The number of hydrogen-bond acceptors (Lipinski definition) is 3. The van der Waals surface area contributed by atoms with Crippen LogP contribution in [0.25, 0.3) is 0 Å². The van der Waals surface area contributed by atoms with Gasteiger partial charge in [-0.3, -0.25) is 9.48 Å². The average Bonchev–Trinajstić information content (AvgIpc) is 3.25. The summed E-state index contributed by atoms with van der Waals surface area (Å²) in [6.07, 6.45) is 5.25. The number of carbonyl (C=O) groups excluding carboxylic acids is 1. The summed E-state index contributed by atoms with van der Waals surface area (Å²) in [7, 11) is 0. The van der Waals surface area contributed by atoms with Crippen molar-refractivity contribution in [3.8, 4) is 0 Å². The fourth-order valence-electron chi connectivity index (χ4n) is 3.20. The zero-order valence-electron chi connectivity index (χ0n) is 13.5. The number of aromatic nitrogens is 2. The van der Waals surface area contributed by atoms with Crippen LogP contribution < -0.4 is 0 Å². The van der Waals surface area contributed by atoms with E-state index in [9.17, 15) is 4.79 Å². The third-order valence-corrected chi connectivity index (χ3v) is 4.28. The molecule has 1 aliphatic heterocycles. The Morgan fingerprint density at radius 1 is 1.35 bits per heavy atom. The van der Waals surface area contributed by atoms with Crippen molar-refractivity contribution < 1.29 is 9.53 Å². The highest BCUT2D eigenvalue weighted by Gasteiger charge is 2.34. The van der Waals surface area contributed by atoms with Crippen LogP contribution in [0, 0.1) is 0 Å². The molecule has 1 aromatic carbocycles. The maximum atomic E-state index is 13.0. The Kier molecular flexibility index (Phi) is 5.08. The molecule has 5 heteroatoms. The van der Waals surface area contributed by atoms with Crippen LogP contribution in [0.15, 0.2) is 48.8 Å². The lowest BCUT2D eigenvalue weighted by atomic mass is 10.1. The molecule has 5 nitrogen and oxygen atoms in total. The van der Waals surface area contributed by atoms with Crippen LogP contribution in [0.5, 0.6) is 0 Å². The number of nitrogens with zero attached hydrogens (tertiary/aromatic N) is 3. The van der Waals surface area contributed by atoms with Gasteiger partial charge in [0.15, 0.2) is 6.10 Å². The van der Waals surface area contributed by atoms with Crippen LogP contribution in [-0.2, 0) is 16.1 Å². The van der Waals surface area contributed by atoms with Crippen molar-refractivity contribution in [2.24, 2.45) is 0 Å². The predicted octanol–water partition coefficient (Wildman–Crippen LogP) is 2.65. The Balaban J connectivity index is 1.76. The fraction of sp³-hybridized carbons (Fsp3) is 0.444. The lowest BCUT2D eigenvalue weighted by Gasteiger charge is -2.29. The van der Waals surface area contributed by atoms with Crippen LogP contribution >= 0.6 is 0 Å². The maximum absolute atomic E-state index is 13.0. The lowest BCUT2D eigenvalue weighted by Crippen LogP contribution is -2.41. The van der Waals surface area contributed by atoms with Gasteiger partial charge in [-0.1, -0.05) is 30.3 Å². The third-order valence-electron chi connectivity index (χ3n) is 4.28. The van der Waals surface area contributed by atoms with Crippen molar-refractivity contribution in [1.82, 2.24) is 14.7 Å². The molecular weight excluding hydrogens is 290 g/mol. The lowest BCUT2D eigenvalue weighted by molar-refractivity contribution is -0.145. The highest BCUT2D eigenvalue weighted by molar-refractivity contribution is 5.83. The van der Waals surface area contributed by atoms with Crippen molar-refractivity contribution in [2.45, 2.75) is 38.5 Å². The molecule has 1 aliphatic rings. The molecule has 0 aliphatic carbocycles. The van der Waals surface area contributed by atoms with Crippen LogP contribution in [-0.4, -0.2) is 39.8 Å². The van der Waals surface area contributed by atoms with Crippen LogP contribution in [0.3, 0.4) is 0 Å². The first-order valence-corrected chi connectivity index (χ1v) is 8.24. The Morgan fingerprint density at radius 3 is 2.87 bits per heavy atom. The van der Waals surface area contributed by atoms with Crippen LogP contribution in [0.2, 0.25) is 0 Å². The van der Waals surface area contributed by atoms with E-state index >= 15 is 0 Å². The second-order valence-corrected chi connectivity index (χ2v) is 5.80. The molecule has 0 saturated carbocycles. The minimum Gasteiger partial charge on any atom is -0.364 e. The van der Waals surface area contributed by atoms with Crippen molar-refractivity contribution in [1.29, 1.82) is 0 Å². The molecule has 0 spiro atoms. The van der Waals surface area contributed by atoms with Crippen molar-refractivity contribution in [3.63, 3.8) is 0 Å². The van der Waals surface area contributed by atoms with Crippen molar-refractivity contribution in [2.75, 3.05) is 13.2 Å². The zero-order chi connectivity index (χ0) is 16.1. The van der Waals surface area contributed by atoms with E-state index in [1.165, 1.54) is 0 Å². The van der Waals surface area contributed by atoms with E-state index in [1.807, 2.05) is 59.1 Å². The summed E-state index contributed by atoms with van der Waals surface area (Å²) >= 11 is 0. The first-order valence-electron chi connectivity index (χ1n) is 8.24. The van der Waals surface area contributed by atoms with E-state index in [4.69, 9.17) is 4.74 Å². The van der Waals surface area contributed by atoms with Crippen LogP contribution in [0.4, 0.5) is 0 Å². The van der Waals surface area contributed by atoms with Gasteiger partial charge in [-0.15, -0.1) is 0 Å². The van der Waals surface area contributed by atoms with E-state index in [-0.39, 0.29) is 11.9 Å². The molecule has 1 amide bonds. The van der Waals surface area contributed by atoms with Gasteiger partial charge in [0.2, 0.25) is 0 Å². The minimum absolute atomic E-state index is 0.0627. The molecule has 122 valence electrons. The summed E-state index contributed by atoms with van der Waals surface area (Å²) in [5.41, 5.74) is 0.920. The van der Waals surface area contributed by atoms with Gasteiger partial charge in [-0.05, 0) is 31.4 Å². The fourth-order valence-corrected chi connectivity index (χ4v) is 3.20. The van der Waals surface area contributed by atoms with E-state index < -0.39 is 6.10 Å². The molecule has 0 unspecified atom stereocenters. The molecule has 0 N–H and O–H groups in total. The highest BCUT2D eigenvalue weighted by atomic mass is 16.5. The molecule has 2 atom stereocenters. The normalized spacial score (nSPS) is 19.0. The van der Waals surface area contributed by atoms with E-state index in [0.29, 0.717) is 6.61 Å². The summed E-state index contributed by atoms with van der Waals surface area (Å²) in [6.45, 7) is 3.98. The third kappa shape index (κ3) is 3.62. The Bertz CT molecular complexity index is 612. The second-order valence-electron chi connectivity index (χ2n) is 5.80. The average molecular weight is 313 g/mol. The quantitative estimate of drug-likeness (QED) is 0.824. The molecule has 0 radical (unpaired) electrons. The number of likely N-dealkylation sites (tertiary alicyclic amines) is 1. The summed E-state index contributed by atoms with van der Waals surface area (Å²) in [6, 6.07) is 11.9. The SMILES string of the molecule is CCO[C@@H](C(=O)N1CCC[C@@H]1Cn1cccn1)c1ccccc1. The van der Waals surface area contributed by atoms with Gasteiger partial charge in [-0.2, -0.15) is 5.10 Å². The van der Waals surface area contributed by atoms with Gasteiger partial charge in [0.05, 0.1) is 12.6 Å². The highest BCUT2D eigenvalue weighted by Crippen LogP contribution is 2.26. The van der Waals surface area contributed by atoms with E-state index in [1.54, 1.807) is 6.20 Å². The summed E-state index contributed by atoms with van der Waals surface area (Å²) in [5, 5.41) is 4.26. The van der Waals surface area contributed by atoms with Gasteiger partial charge in [0.1, 0.15) is 0 Å². The number of hydrogen-bond donors (Lipinski definition) is 0. The standard InChI is InChI=1S/C18H23N3O2/c1-2-23-17(15-8-4-3-5-9-15)18(22)21-13-6-10-16(21)14-20-12-7-11-19-20/h3-5,7-9,11-12,16-17H,2,6,10,13-14H2,1H3/t16-,17-/m1/s1. The molecule has 3 rings (SSSR count). The number of ether oxygens (including phenoxy) is 1. The smallest absolute Gasteiger partial charge is 0.256 e. The Labute approximate surface area is 136 Å². The monoisotopic (exact) mass is 313 g/mol. The zero-order valence-corrected chi connectivity index (χ0v) is 13.5. The van der Waals surface area contributed by atoms with E-state index in [2.05, 4.69) is 5.10 Å². The first kappa shape index (κ1) is 15.7. The molecule has 2 aromatic rings. The Morgan fingerprint density at radius 2 is 2.17 bits per heavy atom. The minimum atomic E-state index is -0.514. The number of benzene rings is 1. The van der Waals surface area contributed by atoms with Gasteiger partial charge >= 0.3 is 0 Å². The van der Waals surface area contributed by atoms with Gasteiger partial charge in [-0.25, -0.2) is 0 Å². The van der Waals surface area contributed by atoms with Gasteiger partial charge < -0.3 is 9.64 Å². The summed E-state index contributed by atoms with van der Waals surface area (Å²) in [5.74, 6) is 0.0627. The number of rotatable bonds is 6. The molecule has 2 heterocycles. The Hall–Kier alpha value is -2.14. The molecule has 0 bridgehead atoms. The summed E-state index contributed by atoms with van der Waals surface area (Å²) in [4.78, 5) is 15.0. The van der Waals surface area contributed by atoms with Crippen LogP contribution in [0.1, 0.15) is 31.4 Å². The second kappa shape index (κ2) is 7.42. The number of amides is 1. The summed E-state index contributed by atoms with van der Waals surface area (Å²) < 4.78 is 7.67. The molecule has 1 fully saturated rings. The largest absolute Gasteiger partial charge is 0.364 e. The van der Waals surface area contributed by atoms with E-state index in [0.717, 1.165) is 31.5 Å². The topological polar surface area (TPSA) is 47.4 Å². The molecular formula is C18H23N3O2. The van der Waals surface area contributed by atoms with Crippen molar-refractivity contribution >= 4 is 5.91 Å². The molecule has 1 saturated heterocycles. The van der Waals surface area contributed by atoms with Gasteiger partial charge in [0, 0.05) is 25.5 Å². The van der Waals surface area contributed by atoms with Crippen molar-refractivity contribution in [3.05, 3.63) is 54.4 Å². The molecule has 23 heavy (non-hydrogen) atoms. The number of carbonyl (C=O) groups is 1. The molecule has 1 aromatic heterocycles. The predicted molar refractivity (Wildman–Crippen MR) is 87.8 cm³/mol.